The van der Waals surface area contributed by atoms with Crippen molar-refractivity contribution in [2.24, 2.45) is 0 Å². The van der Waals surface area contributed by atoms with E-state index in [-0.39, 0.29) is 108 Å². The summed E-state index contributed by atoms with van der Waals surface area (Å²) in [6.45, 7) is 2.17. The molecular formula is C16H14K2N2. The zero-order chi connectivity index (χ0) is 12.4. The van der Waals surface area contributed by atoms with Gasteiger partial charge in [-0.2, -0.15) is 12.4 Å². The van der Waals surface area contributed by atoms with Crippen LogP contribution in [0.3, 0.4) is 0 Å². The molecule has 0 bridgehead atoms. The van der Waals surface area contributed by atoms with Crippen LogP contribution < -0.4 is 113 Å². The van der Waals surface area contributed by atoms with E-state index in [1.807, 2.05) is 30.6 Å². The van der Waals surface area contributed by atoms with Crippen molar-refractivity contribution in [3.8, 4) is 0 Å². The maximum Gasteiger partial charge on any atom is 1.00 e. The van der Waals surface area contributed by atoms with E-state index in [9.17, 15) is 0 Å². The molecule has 0 aliphatic heterocycles. The molecule has 0 atom stereocenters. The molecule has 0 saturated carbocycles. The van der Waals surface area contributed by atoms with Crippen molar-refractivity contribution >= 4 is 0 Å². The van der Waals surface area contributed by atoms with Crippen LogP contribution in [0.1, 0.15) is 23.9 Å². The minimum atomic E-state index is -0.283. The first-order valence-electron chi connectivity index (χ1n) is 6.03. The Morgan fingerprint density at radius 2 is 1.20 bits per heavy atom. The Hall–Kier alpha value is 1.05. The monoisotopic (exact) mass is 312 g/mol. The van der Waals surface area contributed by atoms with E-state index in [0.29, 0.717) is 0 Å². The Labute approximate surface area is 205 Å². The fourth-order valence-electron chi connectivity index (χ4n) is 2.39. The summed E-state index contributed by atoms with van der Waals surface area (Å²) in [5.41, 5.74) is 3.00. The van der Waals surface area contributed by atoms with Gasteiger partial charge in [0.2, 0.25) is 0 Å². The second-order valence-electron chi connectivity index (χ2n) is 4.54. The largest absolute Gasteiger partial charge is 1.00 e. The van der Waals surface area contributed by atoms with Crippen molar-refractivity contribution in [3.63, 3.8) is 0 Å². The third-order valence-electron chi connectivity index (χ3n) is 3.48. The van der Waals surface area contributed by atoms with Crippen molar-refractivity contribution < 1.29 is 103 Å². The maximum absolute atomic E-state index is 4.48. The number of benzene rings is 1. The molecule has 0 spiro atoms. The Kier molecular flexibility index (Phi) is 8.24. The van der Waals surface area contributed by atoms with Crippen molar-refractivity contribution in [3.05, 3.63) is 83.9 Å². The van der Waals surface area contributed by atoms with E-state index in [1.165, 1.54) is 5.56 Å². The minimum Gasteiger partial charge on any atom is -0.667 e. The molecule has 2 heterocycles. The Balaban J connectivity index is 0.000001000. The molecule has 4 heteroatoms. The van der Waals surface area contributed by atoms with Gasteiger partial charge in [0.05, 0.1) is 0 Å². The SMILES string of the molecule is CC(c1ccccc1)(c1ccc[n-]1)c1ccc[n-]1.[K+].[K+]. The van der Waals surface area contributed by atoms with E-state index in [4.69, 9.17) is 0 Å². The maximum atomic E-state index is 4.48. The summed E-state index contributed by atoms with van der Waals surface area (Å²) in [6.07, 6.45) is 3.67. The summed E-state index contributed by atoms with van der Waals surface area (Å²) in [5, 5.41) is 0. The summed E-state index contributed by atoms with van der Waals surface area (Å²) in [6, 6.07) is 18.5. The van der Waals surface area contributed by atoms with Crippen LogP contribution in [0.25, 0.3) is 0 Å². The molecule has 90 valence electrons. The minimum absolute atomic E-state index is 0. The molecule has 0 N–H and O–H groups in total. The first-order chi connectivity index (χ1) is 8.82. The molecule has 20 heavy (non-hydrogen) atoms. The van der Waals surface area contributed by atoms with Gasteiger partial charge in [0.15, 0.2) is 0 Å². The number of rotatable bonds is 3. The van der Waals surface area contributed by atoms with Gasteiger partial charge in [-0.25, -0.2) is 0 Å². The summed E-state index contributed by atoms with van der Waals surface area (Å²) in [7, 11) is 0. The summed E-state index contributed by atoms with van der Waals surface area (Å²) < 4.78 is 0. The van der Waals surface area contributed by atoms with Crippen molar-refractivity contribution in [1.82, 2.24) is 9.97 Å². The van der Waals surface area contributed by atoms with Gasteiger partial charge in [0.25, 0.3) is 0 Å². The van der Waals surface area contributed by atoms with E-state index >= 15 is 0 Å². The van der Waals surface area contributed by atoms with E-state index in [1.54, 1.807) is 0 Å². The van der Waals surface area contributed by atoms with Crippen LogP contribution in [0.5, 0.6) is 0 Å². The number of aromatic nitrogens is 2. The van der Waals surface area contributed by atoms with E-state index < -0.39 is 0 Å². The first-order valence-corrected chi connectivity index (χ1v) is 6.03. The molecule has 0 unspecified atom stereocenters. The van der Waals surface area contributed by atoms with Gasteiger partial charge in [0.1, 0.15) is 0 Å². The van der Waals surface area contributed by atoms with Crippen LogP contribution >= 0.6 is 0 Å². The summed E-state index contributed by atoms with van der Waals surface area (Å²) in [4.78, 5) is 8.96. The number of hydrogen-bond acceptors (Lipinski definition) is 0. The molecule has 0 aliphatic rings. The molecule has 1 aromatic carbocycles. The second kappa shape index (κ2) is 8.62. The topological polar surface area (TPSA) is 28.2 Å². The van der Waals surface area contributed by atoms with Gasteiger partial charge in [0, 0.05) is 5.41 Å². The van der Waals surface area contributed by atoms with Crippen LogP contribution in [0.15, 0.2) is 67.0 Å². The van der Waals surface area contributed by atoms with E-state index in [2.05, 4.69) is 53.3 Å². The van der Waals surface area contributed by atoms with Gasteiger partial charge in [-0.1, -0.05) is 61.5 Å². The number of hydrogen-bond donors (Lipinski definition) is 0. The van der Waals surface area contributed by atoms with Crippen molar-refractivity contribution in [2.75, 3.05) is 0 Å². The quantitative estimate of drug-likeness (QED) is 0.481. The molecule has 0 amide bonds. The first kappa shape index (κ1) is 19.1. The fourth-order valence-corrected chi connectivity index (χ4v) is 2.39. The summed E-state index contributed by atoms with van der Waals surface area (Å²) >= 11 is 0. The zero-order valence-electron chi connectivity index (χ0n) is 12.2. The third-order valence-corrected chi connectivity index (χ3v) is 3.48. The van der Waals surface area contributed by atoms with Gasteiger partial charge < -0.3 is 9.97 Å². The van der Waals surface area contributed by atoms with Crippen molar-refractivity contribution in [1.29, 1.82) is 0 Å². The predicted molar refractivity (Wildman–Crippen MR) is 71.5 cm³/mol. The van der Waals surface area contributed by atoms with Crippen LogP contribution in [0.2, 0.25) is 0 Å². The van der Waals surface area contributed by atoms with Crippen LogP contribution in [-0.2, 0) is 5.41 Å². The molecule has 3 rings (SSSR count). The molecule has 2 nitrogen and oxygen atoms in total. The standard InChI is InChI=1S/C16H14N2.2K/c1-16(14-9-5-11-17-14,15-10-6-12-18-15)13-7-3-2-4-8-13;;/h2-12H,1H3;;/q-2;2*+1. The average molecular weight is 312 g/mol. The molecule has 0 aliphatic carbocycles. The predicted octanol–water partition coefficient (Wildman–Crippen LogP) is -3.04. The summed E-state index contributed by atoms with van der Waals surface area (Å²) in [5.74, 6) is 0. The Morgan fingerprint density at radius 1 is 0.700 bits per heavy atom. The second-order valence-corrected chi connectivity index (χ2v) is 4.54. The normalized spacial score (nSPS) is 10.4. The molecule has 0 saturated heterocycles. The smallest absolute Gasteiger partial charge is 0.667 e. The van der Waals surface area contributed by atoms with Crippen LogP contribution in [0.4, 0.5) is 0 Å². The van der Waals surface area contributed by atoms with Crippen molar-refractivity contribution in [2.45, 2.75) is 12.3 Å². The van der Waals surface area contributed by atoms with Gasteiger partial charge >= 0.3 is 103 Å². The molecule has 0 radical (unpaired) electrons. The molecule has 2 aromatic heterocycles. The number of nitrogens with zero attached hydrogens (tertiary/aromatic N) is 2. The van der Waals surface area contributed by atoms with Crippen LogP contribution in [0, 0.1) is 0 Å². The van der Waals surface area contributed by atoms with Gasteiger partial charge in [-0.05, 0) is 5.56 Å². The van der Waals surface area contributed by atoms with Crippen LogP contribution in [-0.4, -0.2) is 0 Å². The Bertz CT molecular complexity index is 567. The third kappa shape index (κ3) is 3.68. The molecule has 0 fully saturated rings. The zero-order valence-corrected chi connectivity index (χ0v) is 18.5. The average Bonchev–Trinajstić information content (AvgIpc) is 3.12. The Morgan fingerprint density at radius 3 is 1.60 bits per heavy atom. The molecule has 3 aromatic rings. The van der Waals surface area contributed by atoms with Gasteiger partial charge in [-0.15, -0.1) is 11.4 Å². The van der Waals surface area contributed by atoms with Gasteiger partial charge in [-0.3, -0.25) is 0 Å². The molecular weight excluding hydrogens is 298 g/mol. The fraction of sp³-hybridized carbons (Fsp3) is 0.125. The van der Waals surface area contributed by atoms with E-state index in [0.717, 1.165) is 11.4 Å².